The molecule has 0 aromatic carbocycles. The topological polar surface area (TPSA) is 60.2 Å². The maximum Gasteiger partial charge on any atom is 0.152 e. The van der Waals surface area contributed by atoms with Gasteiger partial charge in [-0.15, -0.1) is 0 Å². The summed E-state index contributed by atoms with van der Waals surface area (Å²) in [4.78, 5) is 0. The average Bonchev–Trinajstić information content (AvgIpc) is 2.36. The van der Waals surface area contributed by atoms with E-state index in [4.69, 9.17) is 5.73 Å². The Bertz CT molecular complexity index is 399. The Kier molecular flexibility index (Phi) is 5.70. The molecule has 120 valence electrons. The van der Waals surface area contributed by atoms with Crippen molar-refractivity contribution < 1.29 is 8.42 Å². The van der Waals surface area contributed by atoms with Gasteiger partial charge in [0.25, 0.3) is 0 Å². The van der Waals surface area contributed by atoms with E-state index in [1.54, 1.807) is 13.8 Å². The van der Waals surface area contributed by atoms with E-state index in [0.717, 1.165) is 25.2 Å². The van der Waals surface area contributed by atoms with Crippen molar-refractivity contribution in [2.24, 2.45) is 22.5 Å². The fraction of sp³-hybridized carbons (Fsp3) is 1.00. The van der Waals surface area contributed by atoms with Crippen LogP contribution in [0.25, 0.3) is 0 Å². The molecule has 0 aromatic heterocycles. The smallest absolute Gasteiger partial charge is 0.152 e. The fourth-order valence-electron chi connectivity index (χ4n) is 3.25. The standard InChI is InChI=1S/C16H33NO2S/c1-13(2)20(18,19)11-10-16(12-17)8-6-14(7-9-16)15(3,4)5/h13-14H,6-12,17H2,1-5H3. The summed E-state index contributed by atoms with van der Waals surface area (Å²) in [6.45, 7) is 11.1. The van der Waals surface area contributed by atoms with Crippen LogP contribution in [0.1, 0.15) is 66.7 Å². The zero-order chi connectivity index (χ0) is 15.6. The van der Waals surface area contributed by atoms with Gasteiger partial charge in [-0.05, 0) is 69.2 Å². The molecular weight excluding hydrogens is 270 g/mol. The zero-order valence-corrected chi connectivity index (χ0v) is 14.7. The van der Waals surface area contributed by atoms with E-state index in [1.165, 1.54) is 12.8 Å². The largest absolute Gasteiger partial charge is 0.330 e. The zero-order valence-electron chi connectivity index (χ0n) is 13.9. The molecule has 0 spiro atoms. The van der Waals surface area contributed by atoms with Gasteiger partial charge in [0.05, 0.1) is 11.0 Å². The van der Waals surface area contributed by atoms with E-state index in [2.05, 4.69) is 20.8 Å². The highest BCUT2D eigenvalue weighted by Crippen LogP contribution is 2.46. The minimum absolute atomic E-state index is 0.0592. The van der Waals surface area contributed by atoms with Crippen LogP contribution in [0, 0.1) is 16.7 Å². The van der Waals surface area contributed by atoms with Gasteiger partial charge in [-0.1, -0.05) is 20.8 Å². The first kappa shape index (κ1) is 18.0. The van der Waals surface area contributed by atoms with Gasteiger partial charge in [-0.2, -0.15) is 0 Å². The van der Waals surface area contributed by atoms with Crippen LogP contribution in [0.5, 0.6) is 0 Å². The lowest BCUT2D eigenvalue weighted by Gasteiger charge is -2.43. The van der Waals surface area contributed by atoms with E-state index in [-0.39, 0.29) is 10.7 Å². The summed E-state index contributed by atoms with van der Waals surface area (Å²) < 4.78 is 24.0. The van der Waals surface area contributed by atoms with Crippen LogP contribution in [0.4, 0.5) is 0 Å². The fourth-order valence-corrected chi connectivity index (χ4v) is 4.44. The molecule has 0 aromatic rings. The summed E-state index contributed by atoms with van der Waals surface area (Å²) >= 11 is 0. The lowest BCUT2D eigenvalue weighted by atomic mass is 9.63. The molecule has 0 atom stereocenters. The third-order valence-corrected chi connectivity index (χ3v) is 7.55. The van der Waals surface area contributed by atoms with Crippen molar-refractivity contribution in [3.63, 3.8) is 0 Å². The summed E-state index contributed by atoms with van der Waals surface area (Å²) in [6, 6.07) is 0. The predicted octanol–water partition coefficient (Wildman–Crippen LogP) is 3.38. The molecule has 0 unspecified atom stereocenters. The third-order valence-electron chi connectivity index (χ3n) is 5.34. The van der Waals surface area contributed by atoms with Crippen LogP contribution in [0.15, 0.2) is 0 Å². The molecule has 2 N–H and O–H groups in total. The van der Waals surface area contributed by atoms with Gasteiger partial charge in [0.2, 0.25) is 0 Å². The summed E-state index contributed by atoms with van der Waals surface area (Å²) in [6.07, 6.45) is 5.27. The molecule has 20 heavy (non-hydrogen) atoms. The number of sulfone groups is 1. The highest BCUT2D eigenvalue weighted by molar-refractivity contribution is 7.91. The molecule has 1 saturated carbocycles. The van der Waals surface area contributed by atoms with E-state index >= 15 is 0 Å². The summed E-state index contributed by atoms with van der Waals surface area (Å²) in [5.41, 5.74) is 6.41. The number of hydrogen-bond acceptors (Lipinski definition) is 3. The van der Waals surface area contributed by atoms with Crippen molar-refractivity contribution in [3.05, 3.63) is 0 Å². The van der Waals surface area contributed by atoms with Crippen LogP contribution in [-0.4, -0.2) is 26.0 Å². The third kappa shape index (κ3) is 4.45. The van der Waals surface area contributed by atoms with Gasteiger partial charge in [0.1, 0.15) is 0 Å². The van der Waals surface area contributed by atoms with Crippen molar-refractivity contribution in [2.75, 3.05) is 12.3 Å². The molecule has 4 heteroatoms. The highest BCUT2D eigenvalue weighted by Gasteiger charge is 2.38. The Morgan fingerprint density at radius 3 is 2.05 bits per heavy atom. The Morgan fingerprint density at radius 1 is 1.20 bits per heavy atom. The molecule has 0 saturated heterocycles. The van der Waals surface area contributed by atoms with Gasteiger partial charge < -0.3 is 5.73 Å². The lowest BCUT2D eigenvalue weighted by molar-refractivity contribution is 0.0902. The van der Waals surface area contributed by atoms with Crippen LogP contribution in [0.3, 0.4) is 0 Å². The second-order valence-corrected chi connectivity index (χ2v) is 10.7. The Labute approximate surface area is 125 Å². The molecule has 1 fully saturated rings. The molecule has 1 aliphatic rings. The normalized spacial score (nSPS) is 28.9. The first-order valence-electron chi connectivity index (χ1n) is 7.94. The van der Waals surface area contributed by atoms with E-state index < -0.39 is 9.84 Å². The summed E-state index contributed by atoms with van der Waals surface area (Å²) in [7, 11) is -2.94. The quantitative estimate of drug-likeness (QED) is 0.847. The molecule has 0 amide bonds. The molecule has 0 aliphatic heterocycles. The second-order valence-electron chi connectivity index (χ2n) is 8.01. The Hall–Kier alpha value is -0.0900. The van der Waals surface area contributed by atoms with Gasteiger partial charge in [0, 0.05) is 0 Å². The molecule has 1 aliphatic carbocycles. The molecular formula is C16H33NO2S. The maximum absolute atomic E-state index is 12.0. The number of nitrogens with two attached hydrogens (primary N) is 1. The first-order valence-corrected chi connectivity index (χ1v) is 9.66. The predicted molar refractivity (Wildman–Crippen MR) is 86.4 cm³/mol. The average molecular weight is 304 g/mol. The van der Waals surface area contributed by atoms with Crippen molar-refractivity contribution >= 4 is 9.84 Å². The van der Waals surface area contributed by atoms with Crippen LogP contribution in [0.2, 0.25) is 0 Å². The van der Waals surface area contributed by atoms with Crippen molar-refractivity contribution in [1.29, 1.82) is 0 Å². The molecule has 0 bridgehead atoms. The molecule has 0 radical (unpaired) electrons. The maximum atomic E-state index is 12.0. The minimum atomic E-state index is -2.94. The van der Waals surface area contributed by atoms with Crippen molar-refractivity contribution in [3.8, 4) is 0 Å². The van der Waals surface area contributed by atoms with Crippen LogP contribution in [-0.2, 0) is 9.84 Å². The second kappa shape index (κ2) is 6.35. The monoisotopic (exact) mass is 303 g/mol. The molecule has 3 nitrogen and oxygen atoms in total. The lowest BCUT2D eigenvalue weighted by Crippen LogP contribution is -2.39. The first-order chi connectivity index (χ1) is 9.02. The molecule has 1 rings (SSSR count). The minimum Gasteiger partial charge on any atom is -0.330 e. The summed E-state index contributed by atoms with van der Waals surface area (Å²) in [5.74, 6) is 1.03. The van der Waals surface area contributed by atoms with Gasteiger partial charge in [-0.25, -0.2) is 8.42 Å². The molecule has 0 heterocycles. The number of hydrogen-bond donors (Lipinski definition) is 1. The van der Waals surface area contributed by atoms with Crippen molar-refractivity contribution in [2.45, 2.75) is 72.0 Å². The van der Waals surface area contributed by atoms with E-state index in [0.29, 0.717) is 17.7 Å². The number of rotatable bonds is 5. The Morgan fingerprint density at radius 2 is 1.70 bits per heavy atom. The van der Waals surface area contributed by atoms with E-state index in [1.807, 2.05) is 0 Å². The van der Waals surface area contributed by atoms with Gasteiger partial charge in [0.15, 0.2) is 9.84 Å². The van der Waals surface area contributed by atoms with Gasteiger partial charge in [-0.3, -0.25) is 0 Å². The van der Waals surface area contributed by atoms with Crippen molar-refractivity contribution in [1.82, 2.24) is 0 Å². The van der Waals surface area contributed by atoms with Crippen LogP contribution < -0.4 is 5.73 Å². The van der Waals surface area contributed by atoms with Gasteiger partial charge >= 0.3 is 0 Å². The SMILES string of the molecule is CC(C)S(=O)(=O)CCC1(CN)CCC(C(C)(C)C)CC1. The highest BCUT2D eigenvalue weighted by atomic mass is 32.2. The van der Waals surface area contributed by atoms with E-state index in [9.17, 15) is 8.42 Å². The Balaban J connectivity index is 2.64. The summed E-state index contributed by atoms with van der Waals surface area (Å²) in [5, 5.41) is -0.275. The van der Waals surface area contributed by atoms with Crippen LogP contribution >= 0.6 is 0 Å².